The van der Waals surface area contributed by atoms with E-state index >= 15 is 0 Å². The normalized spacial score (nSPS) is 10.1. The summed E-state index contributed by atoms with van der Waals surface area (Å²) in [5, 5.41) is 10.7. The summed E-state index contributed by atoms with van der Waals surface area (Å²) in [5.74, 6) is 0.856. The standard InChI is InChI=1S/C10H11N3OS2/c1-14-8-4-2-3-7(5-8)6-11-9-12-13-10(15)16-9/h2-5H,6H2,1H3,(H,11,12)(H,13,15). The van der Waals surface area contributed by atoms with Crippen molar-refractivity contribution < 1.29 is 4.74 Å². The predicted molar refractivity (Wildman–Crippen MR) is 67.6 cm³/mol. The maximum Gasteiger partial charge on any atom is 0.204 e. The molecule has 1 aromatic heterocycles. The Kier molecular flexibility index (Phi) is 3.53. The van der Waals surface area contributed by atoms with Gasteiger partial charge in [0.05, 0.1) is 7.11 Å². The Labute approximate surface area is 102 Å². The van der Waals surface area contributed by atoms with Crippen LogP contribution in [0.2, 0.25) is 0 Å². The van der Waals surface area contributed by atoms with Gasteiger partial charge in [-0.3, -0.25) is 5.10 Å². The first-order chi connectivity index (χ1) is 7.78. The first kappa shape index (κ1) is 11.1. The second kappa shape index (κ2) is 5.09. The van der Waals surface area contributed by atoms with Crippen molar-refractivity contribution in [2.75, 3.05) is 12.4 Å². The number of aromatic amines is 1. The van der Waals surface area contributed by atoms with Crippen LogP contribution < -0.4 is 10.1 Å². The number of nitrogens with zero attached hydrogens (tertiary/aromatic N) is 1. The molecule has 0 spiro atoms. The molecule has 4 nitrogen and oxygen atoms in total. The lowest BCUT2D eigenvalue weighted by atomic mass is 10.2. The molecule has 2 rings (SSSR count). The molecule has 2 aromatic rings. The van der Waals surface area contributed by atoms with Crippen LogP contribution in [0.15, 0.2) is 24.3 Å². The van der Waals surface area contributed by atoms with Crippen LogP contribution in [-0.4, -0.2) is 17.3 Å². The Balaban J connectivity index is 2.01. The monoisotopic (exact) mass is 253 g/mol. The van der Waals surface area contributed by atoms with Crippen LogP contribution in [0.3, 0.4) is 0 Å². The first-order valence-corrected chi connectivity index (χ1v) is 5.93. The lowest BCUT2D eigenvalue weighted by molar-refractivity contribution is 0.414. The molecule has 0 fully saturated rings. The molecule has 16 heavy (non-hydrogen) atoms. The van der Waals surface area contributed by atoms with E-state index in [0.29, 0.717) is 10.5 Å². The maximum atomic E-state index is 5.15. The van der Waals surface area contributed by atoms with Gasteiger partial charge in [0.1, 0.15) is 5.75 Å². The average Bonchev–Trinajstić information content (AvgIpc) is 2.73. The Morgan fingerprint density at radius 3 is 3.12 bits per heavy atom. The van der Waals surface area contributed by atoms with E-state index in [4.69, 9.17) is 17.0 Å². The summed E-state index contributed by atoms with van der Waals surface area (Å²) < 4.78 is 5.82. The van der Waals surface area contributed by atoms with Crippen molar-refractivity contribution in [2.45, 2.75) is 6.54 Å². The average molecular weight is 253 g/mol. The van der Waals surface area contributed by atoms with E-state index in [9.17, 15) is 0 Å². The summed E-state index contributed by atoms with van der Waals surface area (Å²) in [6.07, 6.45) is 0. The number of anilines is 1. The van der Waals surface area contributed by atoms with Gasteiger partial charge >= 0.3 is 0 Å². The Bertz CT molecular complexity index is 521. The zero-order valence-corrected chi connectivity index (χ0v) is 10.3. The second-order valence-corrected chi connectivity index (χ2v) is 4.79. The molecule has 0 bridgehead atoms. The number of nitrogens with one attached hydrogen (secondary N) is 2. The summed E-state index contributed by atoms with van der Waals surface area (Å²) in [6.45, 7) is 0.702. The molecule has 0 saturated heterocycles. The Morgan fingerprint density at radius 2 is 2.44 bits per heavy atom. The third-order valence-electron chi connectivity index (χ3n) is 2.02. The smallest absolute Gasteiger partial charge is 0.204 e. The van der Waals surface area contributed by atoms with Gasteiger partial charge in [-0.25, -0.2) is 0 Å². The SMILES string of the molecule is COc1cccc(CNc2n[nH]c(=S)s2)c1. The number of hydrogen-bond donors (Lipinski definition) is 2. The highest BCUT2D eigenvalue weighted by Crippen LogP contribution is 2.15. The molecule has 1 heterocycles. The number of methoxy groups -OCH3 is 1. The predicted octanol–water partition coefficient (Wildman–Crippen LogP) is 2.82. The van der Waals surface area contributed by atoms with Gasteiger partial charge in [0.25, 0.3) is 0 Å². The number of aromatic nitrogens is 2. The van der Waals surface area contributed by atoms with Crippen molar-refractivity contribution >= 4 is 28.7 Å². The van der Waals surface area contributed by atoms with Gasteiger partial charge < -0.3 is 10.1 Å². The Morgan fingerprint density at radius 1 is 1.56 bits per heavy atom. The van der Waals surface area contributed by atoms with Gasteiger partial charge in [-0.05, 0) is 29.9 Å². The van der Waals surface area contributed by atoms with E-state index in [0.717, 1.165) is 16.4 Å². The van der Waals surface area contributed by atoms with Crippen LogP contribution in [0.1, 0.15) is 5.56 Å². The van der Waals surface area contributed by atoms with Crippen molar-refractivity contribution in [3.8, 4) is 5.75 Å². The van der Waals surface area contributed by atoms with Gasteiger partial charge in [0.2, 0.25) is 5.13 Å². The second-order valence-electron chi connectivity index (χ2n) is 3.12. The molecular formula is C10H11N3OS2. The van der Waals surface area contributed by atoms with Crippen molar-refractivity contribution in [3.63, 3.8) is 0 Å². The molecule has 0 unspecified atom stereocenters. The topological polar surface area (TPSA) is 49.9 Å². The summed E-state index contributed by atoms with van der Waals surface area (Å²) >= 11 is 6.37. The molecule has 0 saturated carbocycles. The van der Waals surface area contributed by atoms with Gasteiger partial charge in [-0.1, -0.05) is 23.5 Å². The van der Waals surface area contributed by atoms with E-state index < -0.39 is 0 Å². The van der Waals surface area contributed by atoms with Crippen LogP contribution in [0.4, 0.5) is 5.13 Å². The van der Waals surface area contributed by atoms with Crippen LogP contribution in [0.5, 0.6) is 5.75 Å². The molecule has 0 radical (unpaired) electrons. The fraction of sp³-hybridized carbons (Fsp3) is 0.200. The molecule has 0 atom stereocenters. The van der Waals surface area contributed by atoms with Crippen LogP contribution in [-0.2, 0) is 6.54 Å². The van der Waals surface area contributed by atoms with Gasteiger partial charge in [-0.2, -0.15) is 0 Å². The molecule has 1 aromatic carbocycles. The number of benzene rings is 1. The van der Waals surface area contributed by atoms with E-state index in [-0.39, 0.29) is 0 Å². The molecule has 0 amide bonds. The van der Waals surface area contributed by atoms with Crippen molar-refractivity contribution in [1.82, 2.24) is 10.2 Å². The first-order valence-electron chi connectivity index (χ1n) is 4.70. The van der Waals surface area contributed by atoms with Crippen LogP contribution in [0, 0.1) is 3.95 Å². The lowest BCUT2D eigenvalue weighted by Gasteiger charge is -2.04. The number of H-pyrrole nitrogens is 1. The lowest BCUT2D eigenvalue weighted by Crippen LogP contribution is -1.99. The fourth-order valence-electron chi connectivity index (χ4n) is 1.27. The van der Waals surface area contributed by atoms with Gasteiger partial charge in [0.15, 0.2) is 3.95 Å². The van der Waals surface area contributed by atoms with Crippen molar-refractivity contribution in [1.29, 1.82) is 0 Å². The van der Waals surface area contributed by atoms with Gasteiger partial charge in [-0.15, -0.1) is 5.10 Å². The zero-order chi connectivity index (χ0) is 11.4. The Hall–Kier alpha value is -1.40. The highest BCUT2D eigenvalue weighted by molar-refractivity contribution is 7.73. The number of ether oxygens (including phenoxy) is 1. The molecule has 0 aliphatic rings. The van der Waals surface area contributed by atoms with E-state index in [2.05, 4.69) is 15.5 Å². The van der Waals surface area contributed by atoms with E-state index in [1.165, 1.54) is 11.3 Å². The fourth-order valence-corrected chi connectivity index (χ4v) is 2.05. The third kappa shape index (κ3) is 2.80. The van der Waals surface area contributed by atoms with Gasteiger partial charge in [0, 0.05) is 6.54 Å². The molecule has 2 N–H and O–H groups in total. The molecule has 84 valence electrons. The largest absolute Gasteiger partial charge is 0.497 e. The summed E-state index contributed by atoms with van der Waals surface area (Å²) in [4.78, 5) is 0. The minimum Gasteiger partial charge on any atom is -0.497 e. The third-order valence-corrected chi connectivity index (χ3v) is 3.06. The van der Waals surface area contributed by atoms with Crippen molar-refractivity contribution in [3.05, 3.63) is 33.8 Å². The molecular weight excluding hydrogens is 242 g/mol. The minimum absolute atomic E-state index is 0.674. The maximum absolute atomic E-state index is 5.15. The van der Waals surface area contributed by atoms with Crippen LogP contribution >= 0.6 is 23.6 Å². The van der Waals surface area contributed by atoms with Crippen LogP contribution in [0.25, 0.3) is 0 Å². The molecule has 0 aliphatic carbocycles. The number of rotatable bonds is 4. The van der Waals surface area contributed by atoms with E-state index in [1.807, 2.05) is 24.3 Å². The van der Waals surface area contributed by atoms with E-state index in [1.54, 1.807) is 7.11 Å². The highest BCUT2D eigenvalue weighted by atomic mass is 32.1. The number of hydrogen-bond acceptors (Lipinski definition) is 5. The zero-order valence-electron chi connectivity index (χ0n) is 8.69. The molecule has 6 heteroatoms. The highest BCUT2D eigenvalue weighted by Gasteiger charge is 1.98. The summed E-state index contributed by atoms with van der Waals surface area (Å²) in [7, 11) is 1.66. The quantitative estimate of drug-likeness (QED) is 0.823. The molecule has 0 aliphatic heterocycles. The van der Waals surface area contributed by atoms with Crippen molar-refractivity contribution in [2.24, 2.45) is 0 Å². The summed E-state index contributed by atoms with van der Waals surface area (Å²) in [5.41, 5.74) is 1.14. The summed E-state index contributed by atoms with van der Waals surface area (Å²) in [6, 6.07) is 7.89. The minimum atomic E-state index is 0.674.